The van der Waals surface area contributed by atoms with Crippen LogP contribution in [0.2, 0.25) is 0 Å². The van der Waals surface area contributed by atoms with Gasteiger partial charge in [-0.1, -0.05) is 84.9 Å². The molecule has 8 heteroatoms. The number of para-hydroxylation sites is 8. The van der Waals surface area contributed by atoms with Crippen molar-refractivity contribution in [1.82, 2.24) is 9.97 Å². The highest BCUT2D eigenvalue weighted by atomic mass is 16.5. The fourth-order valence-corrected chi connectivity index (χ4v) is 7.21. The SMILES string of the molecule is c1ccc(-c2nc3c(N4c5ccccc5Oc5ccccc54)c4oc(-c5ccccc5)nc4c(N4c5ccccc5Oc5ccccc54)c3o2)cc1. The Bertz CT molecular complexity index is 2490. The molecular weight excluding hydrogens is 649 g/mol. The number of hydrogen-bond donors (Lipinski definition) is 0. The van der Waals surface area contributed by atoms with Crippen molar-refractivity contribution in [3.05, 3.63) is 158 Å². The summed E-state index contributed by atoms with van der Waals surface area (Å²) in [5.41, 5.74) is 8.69. The Labute approximate surface area is 297 Å². The first kappa shape index (κ1) is 28.5. The van der Waals surface area contributed by atoms with Crippen molar-refractivity contribution >= 4 is 56.3 Å². The van der Waals surface area contributed by atoms with Crippen LogP contribution in [-0.2, 0) is 0 Å². The van der Waals surface area contributed by atoms with Crippen LogP contribution in [0.3, 0.4) is 0 Å². The van der Waals surface area contributed by atoms with Gasteiger partial charge in [-0.15, -0.1) is 0 Å². The molecule has 0 radical (unpaired) electrons. The van der Waals surface area contributed by atoms with Crippen LogP contribution in [-0.4, -0.2) is 9.97 Å². The number of ether oxygens (including phenoxy) is 2. The lowest BCUT2D eigenvalue weighted by Crippen LogP contribution is -2.18. The van der Waals surface area contributed by atoms with Crippen LogP contribution in [0.5, 0.6) is 23.0 Å². The van der Waals surface area contributed by atoms with E-state index in [9.17, 15) is 0 Å². The highest BCUT2D eigenvalue weighted by Gasteiger charge is 2.37. The maximum absolute atomic E-state index is 6.97. The Morgan fingerprint density at radius 3 is 1.00 bits per heavy atom. The number of rotatable bonds is 4. The fraction of sp³-hybridized carbons (Fsp3) is 0. The van der Waals surface area contributed by atoms with Crippen molar-refractivity contribution in [2.75, 3.05) is 9.80 Å². The first-order valence-electron chi connectivity index (χ1n) is 17.0. The fourth-order valence-electron chi connectivity index (χ4n) is 7.21. The summed E-state index contributed by atoms with van der Waals surface area (Å²) >= 11 is 0. The molecule has 7 aromatic carbocycles. The van der Waals surface area contributed by atoms with Crippen molar-refractivity contribution in [3.63, 3.8) is 0 Å². The van der Waals surface area contributed by atoms with Crippen LogP contribution >= 0.6 is 0 Å². The summed E-state index contributed by atoms with van der Waals surface area (Å²) in [6, 6.07) is 51.8. The zero-order valence-electron chi connectivity index (χ0n) is 27.4. The minimum Gasteiger partial charge on any atom is -0.453 e. The molecule has 2 aromatic heterocycles. The van der Waals surface area contributed by atoms with E-state index in [-0.39, 0.29) is 0 Å². The summed E-state index contributed by atoms with van der Waals surface area (Å²) in [5, 5.41) is 0. The molecule has 0 saturated carbocycles. The van der Waals surface area contributed by atoms with E-state index < -0.39 is 0 Å². The predicted octanol–water partition coefficient (Wildman–Crippen LogP) is 12.5. The molecule has 0 atom stereocenters. The van der Waals surface area contributed by atoms with E-state index in [0.717, 1.165) is 33.9 Å². The topological polar surface area (TPSA) is 77.0 Å². The Balaban J connectivity index is 1.32. The van der Waals surface area contributed by atoms with E-state index in [1.54, 1.807) is 0 Å². The molecule has 52 heavy (non-hydrogen) atoms. The van der Waals surface area contributed by atoms with Gasteiger partial charge in [0, 0.05) is 11.1 Å². The Kier molecular flexibility index (Phi) is 6.08. The minimum atomic E-state index is 0.471. The molecule has 246 valence electrons. The van der Waals surface area contributed by atoms with Gasteiger partial charge in [-0.3, -0.25) is 9.80 Å². The van der Waals surface area contributed by atoms with Crippen molar-refractivity contribution in [2.45, 2.75) is 0 Å². The third-order valence-electron chi connectivity index (χ3n) is 9.49. The van der Waals surface area contributed by atoms with Crippen LogP contribution < -0.4 is 19.3 Å². The second-order valence-electron chi connectivity index (χ2n) is 12.6. The molecule has 0 spiro atoms. The summed E-state index contributed by atoms with van der Waals surface area (Å²) in [5.74, 6) is 3.76. The lowest BCUT2D eigenvalue weighted by Gasteiger charge is -2.34. The summed E-state index contributed by atoms with van der Waals surface area (Å²) in [6.45, 7) is 0. The second-order valence-corrected chi connectivity index (χ2v) is 12.6. The van der Waals surface area contributed by atoms with Crippen LogP contribution in [0.15, 0.2) is 167 Å². The first-order chi connectivity index (χ1) is 25.8. The number of fused-ring (bicyclic) bond motifs is 6. The number of oxazole rings is 2. The summed E-state index contributed by atoms with van der Waals surface area (Å²) in [6.07, 6.45) is 0. The number of aromatic nitrogens is 2. The van der Waals surface area contributed by atoms with E-state index in [1.807, 2.05) is 158 Å². The van der Waals surface area contributed by atoms with Gasteiger partial charge in [0.05, 0.1) is 22.7 Å². The van der Waals surface area contributed by atoms with E-state index in [1.165, 1.54) is 0 Å². The van der Waals surface area contributed by atoms with Gasteiger partial charge in [-0.25, -0.2) is 9.97 Å². The third kappa shape index (κ3) is 4.21. The molecule has 4 heterocycles. The minimum absolute atomic E-state index is 0.471. The Hall–Kier alpha value is -7.32. The van der Waals surface area contributed by atoms with Crippen molar-refractivity contribution in [3.8, 4) is 45.9 Å². The lowest BCUT2D eigenvalue weighted by atomic mass is 10.1. The highest BCUT2D eigenvalue weighted by Crippen LogP contribution is 2.59. The van der Waals surface area contributed by atoms with Gasteiger partial charge in [0.15, 0.2) is 34.2 Å². The number of hydrogen-bond acceptors (Lipinski definition) is 8. The summed E-state index contributed by atoms with van der Waals surface area (Å²) < 4.78 is 26.8. The highest BCUT2D eigenvalue weighted by molar-refractivity contribution is 6.19. The molecule has 0 unspecified atom stereocenters. The largest absolute Gasteiger partial charge is 0.453 e. The normalized spacial score (nSPS) is 12.8. The standard InChI is InChI=1S/C44H26N4O4/c1-3-15-27(16-4-1)43-45-37-39(47-29-19-7-11-23-33(29)49-34-24-12-8-20-30(34)47)42-38(46-44(52-42)28-17-5-2-6-18-28)40(41(37)51-43)48-31-21-9-13-25-35(31)50-36-26-14-10-22-32(36)48/h1-26H. The Morgan fingerprint density at radius 1 is 0.346 bits per heavy atom. The quantitative estimate of drug-likeness (QED) is 0.183. The van der Waals surface area contributed by atoms with Gasteiger partial charge in [-0.05, 0) is 72.8 Å². The van der Waals surface area contributed by atoms with Gasteiger partial charge in [0.2, 0.25) is 11.8 Å². The third-order valence-corrected chi connectivity index (χ3v) is 9.49. The molecule has 11 rings (SSSR count). The van der Waals surface area contributed by atoms with Crippen molar-refractivity contribution in [1.29, 1.82) is 0 Å². The number of anilines is 6. The molecule has 9 aromatic rings. The monoisotopic (exact) mass is 674 g/mol. The average Bonchev–Trinajstić information content (AvgIpc) is 3.85. The first-order valence-corrected chi connectivity index (χ1v) is 17.0. The lowest BCUT2D eigenvalue weighted by molar-refractivity contribution is 0.476. The van der Waals surface area contributed by atoms with E-state index >= 15 is 0 Å². The van der Waals surface area contributed by atoms with E-state index in [2.05, 4.69) is 9.80 Å². The van der Waals surface area contributed by atoms with E-state index in [4.69, 9.17) is 28.3 Å². The van der Waals surface area contributed by atoms with Crippen molar-refractivity contribution in [2.24, 2.45) is 0 Å². The smallest absolute Gasteiger partial charge is 0.227 e. The van der Waals surface area contributed by atoms with Crippen LogP contribution in [0, 0.1) is 0 Å². The van der Waals surface area contributed by atoms with Gasteiger partial charge in [-0.2, -0.15) is 0 Å². The van der Waals surface area contributed by atoms with Crippen molar-refractivity contribution < 1.29 is 18.3 Å². The molecule has 0 bridgehead atoms. The molecule has 0 fully saturated rings. The molecule has 2 aliphatic rings. The summed E-state index contributed by atoms with van der Waals surface area (Å²) in [7, 11) is 0. The molecule has 2 aliphatic heterocycles. The second kappa shape index (κ2) is 11.1. The van der Waals surface area contributed by atoms with Crippen LogP contribution in [0.4, 0.5) is 34.1 Å². The maximum Gasteiger partial charge on any atom is 0.227 e. The zero-order chi connectivity index (χ0) is 34.2. The van der Waals surface area contributed by atoms with Crippen LogP contribution in [0.1, 0.15) is 0 Å². The number of benzene rings is 7. The van der Waals surface area contributed by atoms with E-state index in [0.29, 0.717) is 68.4 Å². The van der Waals surface area contributed by atoms with Gasteiger partial charge in [0.25, 0.3) is 0 Å². The molecule has 8 nitrogen and oxygen atoms in total. The molecule has 0 saturated heterocycles. The molecule has 0 N–H and O–H groups in total. The maximum atomic E-state index is 6.97. The summed E-state index contributed by atoms with van der Waals surface area (Å²) in [4.78, 5) is 14.9. The number of nitrogens with zero attached hydrogens (tertiary/aromatic N) is 4. The zero-order valence-corrected chi connectivity index (χ0v) is 27.4. The van der Waals surface area contributed by atoms with Gasteiger partial charge < -0.3 is 18.3 Å². The average molecular weight is 675 g/mol. The van der Waals surface area contributed by atoms with Gasteiger partial charge >= 0.3 is 0 Å². The molecule has 0 aliphatic carbocycles. The molecule has 0 amide bonds. The predicted molar refractivity (Wildman–Crippen MR) is 202 cm³/mol. The molecular formula is C44H26N4O4. The van der Waals surface area contributed by atoms with Gasteiger partial charge in [0.1, 0.15) is 22.4 Å². The Morgan fingerprint density at radius 2 is 0.654 bits per heavy atom. The van der Waals surface area contributed by atoms with Crippen LogP contribution in [0.25, 0.3) is 45.1 Å².